The molecule has 1 aliphatic rings. The van der Waals surface area contributed by atoms with Crippen LogP contribution >= 0.6 is 0 Å². The van der Waals surface area contributed by atoms with E-state index in [0.717, 1.165) is 25.7 Å². The van der Waals surface area contributed by atoms with Crippen LogP contribution in [0.4, 0.5) is 4.79 Å². The van der Waals surface area contributed by atoms with Crippen LogP contribution in [0.25, 0.3) is 0 Å². The van der Waals surface area contributed by atoms with Crippen molar-refractivity contribution < 1.29 is 19.8 Å². The molecule has 17 heavy (non-hydrogen) atoms. The van der Waals surface area contributed by atoms with Crippen molar-refractivity contribution in [2.75, 3.05) is 13.1 Å². The summed E-state index contributed by atoms with van der Waals surface area (Å²) in [5.41, 5.74) is 0. The lowest BCUT2D eigenvalue weighted by Gasteiger charge is -2.28. The topological polar surface area (TPSA) is 89.9 Å². The van der Waals surface area contributed by atoms with Crippen LogP contribution in [0.5, 0.6) is 0 Å². The van der Waals surface area contributed by atoms with Crippen molar-refractivity contribution in [3.63, 3.8) is 0 Å². The Bertz CT molecular complexity index is 277. The number of carbonyl (C=O) groups excluding carboxylic acids is 1. The normalized spacial score (nSPS) is 17.8. The van der Waals surface area contributed by atoms with Crippen LogP contribution in [0.15, 0.2) is 0 Å². The highest BCUT2D eigenvalue weighted by Gasteiger charge is 2.25. The highest BCUT2D eigenvalue weighted by atomic mass is 16.4. The third-order valence-electron chi connectivity index (χ3n) is 3.10. The number of hydrogen-bond acceptors (Lipinski definition) is 3. The number of rotatable bonds is 5. The van der Waals surface area contributed by atoms with Crippen molar-refractivity contribution in [2.45, 2.75) is 44.8 Å². The molecule has 98 valence electrons. The highest BCUT2D eigenvalue weighted by Crippen LogP contribution is 2.23. The molecule has 0 aromatic heterocycles. The van der Waals surface area contributed by atoms with Gasteiger partial charge in [-0.3, -0.25) is 0 Å². The average molecular weight is 244 g/mol. The zero-order valence-corrected chi connectivity index (χ0v) is 10.1. The van der Waals surface area contributed by atoms with Gasteiger partial charge < -0.3 is 20.4 Å². The molecule has 1 saturated carbocycles. The quantitative estimate of drug-likeness (QED) is 0.653. The number of carboxylic acids is 1. The summed E-state index contributed by atoms with van der Waals surface area (Å²) in [7, 11) is 0. The van der Waals surface area contributed by atoms with Crippen molar-refractivity contribution in [1.29, 1.82) is 0 Å². The largest absolute Gasteiger partial charge is 0.479 e. The smallest absolute Gasteiger partial charge is 0.334 e. The van der Waals surface area contributed by atoms with Gasteiger partial charge in [0.2, 0.25) is 0 Å². The Morgan fingerprint density at radius 2 is 2.00 bits per heavy atom. The summed E-state index contributed by atoms with van der Waals surface area (Å²) < 4.78 is 0. The molecule has 3 N–H and O–H groups in total. The molecule has 0 spiro atoms. The highest BCUT2D eigenvalue weighted by molar-refractivity contribution is 5.77. The fourth-order valence-corrected chi connectivity index (χ4v) is 2.16. The van der Waals surface area contributed by atoms with Gasteiger partial charge in [-0.1, -0.05) is 12.8 Å². The Labute approximate surface area is 101 Å². The molecule has 0 heterocycles. The molecule has 0 aromatic rings. The zero-order chi connectivity index (χ0) is 12.8. The number of urea groups is 1. The fraction of sp³-hybridized carbons (Fsp3) is 0.818. The molecule has 0 radical (unpaired) electrons. The first-order valence-corrected chi connectivity index (χ1v) is 6.01. The van der Waals surface area contributed by atoms with Crippen LogP contribution in [0.1, 0.15) is 32.6 Å². The number of hydrogen-bond donors (Lipinski definition) is 3. The lowest BCUT2D eigenvalue weighted by molar-refractivity contribution is -0.146. The summed E-state index contributed by atoms with van der Waals surface area (Å²) in [5.74, 6) is -1.32. The van der Waals surface area contributed by atoms with Crippen molar-refractivity contribution >= 4 is 12.0 Å². The third-order valence-corrected chi connectivity index (χ3v) is 3.10. The Balaban J connectivity index is 2.41. The van der Waals surface area contributed by atoms with Crippen LogP contribution in [-0.4, -0.2) is 52.3 Å². The summed E-state index contributed by atoms with van der Waals surface area (Å²) in [6.07, 6.45) is 2.73. The number of nitrogens with zero attached hydrogens (tertiary/aromatic N) is 1. The lowest BCUT2D eigenvalue weighted by Crippen LogP contribution is -2.47. The number of aliphatic hydroxyl groups excluding tert-OH is 1. The van der Waals surface area contributed by atoms with Gasteiger partial charge in [0.1, 0.15) is 0 Å². The average Bonchev–Trinajstić information content (AvgIpc) is 2.80. The van der Waals surface area contributed by atoms with Gasteiger partial charge in [0, 0.05) is 12.6 Å². The maximum atomic E-state index is 11.8. The van der Waals surface area contributed by atoms with Crippen molar-refractivity contribution in [2.24, 2.45) is 0 Å². The van der Waals surface area contributed by atoms with E-state index in [2.05, 4.69) is 5.32 Å². The van der Waals surface area contributed by atoms with Crippen LogP contribution in [0.3, 0.4) is 0 Å². The van der Waals surface area contributed by atoms with E-state index in [9.17, 15) is 9.59 Å². The van der Waals surface area contributed by atoms with Gasteiger partial charge in [-0.15, -0.1) is 0 Å². The summed E-state index contributed by atoms with van der Waals surface area (Å²) in [6.45, 7) is 2.24. The van der Waals surface area contributed by atoms with Gasteiger partial charge in [0.25, 0.3) is 0 Å². The van der Waals surface area contributed by atoms with Crippen LogP contribution < -0.4 is 5.32 Å². The molecule has 0 aromatic carbocycles. The molecule has 0 saturated heterocycles. The lowest BCUT2D eigenvalue weighted by atomic mass is 10.2. The van der Waals surface area contributed by atoms with E-state index in [0.29, 0.717) is 6.54 Å². The van der Waals surface area contributed by atoms with E-state index in [1.807, 2.05) is 6.92 Å². The summed E-state index contributed by atoms with van der Waals surface area (Å²) >= 11 is 0. The molecule has 1 fully saturated rings. The predicted molar refractivity (Wildman–Crippen MR) is 61.7 cm³/mol. The zero-order valence-electron chi connectivity index (χ0n) is 10.1. The molecule has 2 amide bonds. The van der Waals surface area contributed by atoms with Crippen LogP contribution in [0.2, 0.25) is 0 Å². The number of carbonyl (C=O) groups is 2. The first-order chi connectivity index (χ1) is 8.06. The Morgan fingerprint density at radius 3 is 2.47 bits per heavy atom. The number of amides is 2. The molecule has 6 heteroatoms. The number of aliphatic hydroxyl groups is 1. The minimum Gasteiger partial charge on any atom is -0.479 e. The maximum absolute atomic E-state index is 11.8. The first kappa shape index (κ1) is 13.8. The predicted octanol–water partition coefficient (Wildman–Crippen LogP) is 0.406. The number of carboxylic acid groups (broad SMARTS) is 1. The van der Waals surface area contributed by atoms with Gasteiger partial charge in [-0.25, -0.2) is 9.59 Å². The SMILES string of the molecule is CCN(C(=O)NC[C@H](O)C(=O)O)C1CCCC1. The van der Waals surface area contributed by atoms with E-state index >= 15 is 0 Å². The second kappa shape index (κ2) is 6.44. The van der Waals surface area contributed by atoms with Gasteiger partial charge in [0.15, 0.2) is 6.10 Å². The Hall–Kier alpha value is -1.30. The Kier molecular flexibility index (Phi) is 5.21. The van der Waals surface area contributed by atoms with Gasteiger partial charge in [-0.05, 0) is 19.8 Å². The summed E-state index contributed by atoms with van der Waals surface area (Å²) in [6, 6.07) is -0.0401. The van der Waals surface area contributed by atoms with Crippen molar-refractivity contribution in [3.05, 3.63) is 0 Å². The van der Waals surface area contributed by atoms with Crippen molar-refractivity contribution in [1.82, 2.24) is 10.2 Å². The molecule has 0 bridgehead atoms. The monoisotopic (exact) mass is 244 g/mol. The van der Waals surface area contributed by atoms with E-state index in [1.165, 1.54) is 0 Å². The molecular formula is C11H20N2O4. The van der Waals surface area contributed by atoms with Gasteiger partial charge in [0.05, 0.1) is 6.54 Å². The Morgan fingerprint density at radius 1 is 1.41 bits per heavy atom. The molecule has 0 aliphatic heterocycles. The van der Waals surface area contributed by atoms with Gasteiger partial charge >= 0.3 is 12.0 Å². The standard InChI is InChI=1S/C11H20N2O4/c1-2-13(8-5-3-4-6-8)11(17)12-7-9(14)10(15)16/h8-9,14H,2-7H2,1H3,(H,12,17)(H,15,16)/t9-/m0/s1. The number of nitrogens with one attached hydrogen (secondary N) is 1. The third kappa shape index (κ3) is 3.89. The van der Waals surface area contributed by atoms with Crippen molar-refractivity contribution in [3.8, 4) is 0 Å². The molecule has 1 atom stereocenters. The molecule has 1 aliphatic carbocycles. The molecule has 0 unspecified atom stereocenters. The second-order valence-corrected chi connectivity index (χ2v) is 4.26. The fourth-order valence-electron chi connectivity index (χ4n) is 2.16. The molecule has 6 nitrogen and oxygen atoms in total. The van der Waals surface area contributed by atoms with E-state index in [1.54, 1.807) is 4.90 Å². The summed E-state index contributed by atoms with van der Waals surface area (Å²) in [4.78, 5) is 23.9. The van der Waals surface area contributed by atoms with Gasteiger partial charge in [-0.2, -0.15) is 0 Å². The number of aliphatic carboxylic acids is 1. The minimum atomic E-state index is -1.54. The second-order valence-electron chi connectivity index (χ2n) is 4.26. The molecular weight excluding hydrogens is 224 g/mol. The van der Waals surface area contributed by atoms with E-state index in [4.69, 9.17) is 10.2 Å². The molecule has 1 rings (SSSR count). The maximum Gasteiger partial charge on any atom is 0.334 e. The first-order valence-electron chi connectivity index (χ1n) is 6.01. The van der Waals surface area contributed by atoms with E-state index < -0.39 is 12.1 Å². The van der Waals surface area contributed by atoms with Crippen LogP contribution in [-0.2, 0) is 4.79 Å². The van der Waals surface area contributed by atoms with Crippen LogP contribution in [0, 0.1) is 0 Å². The summed E-state index contributed by atoms with van der Waals surface area (Å²) in [5, 5.41) is 20.0. The minimum absolute atomic E-state index is 0.252. The van der Waals surface area contributed by atoms with E-state index in [-0.39, 0.29) is 18.6 Å².